The molecule has 0 fully saturated rings. The van der Waals surface area contributed by atoms with Crippen LogP contribution in [0.2, 0.25) is 0 Å². The fourth-order valence-electron chi connectivity index (χ4n) is 2.61. The van der Waals surface area contributed by atoms with Gasteiger partial charge < -0.3 is 4.74 Å². The average Bonchev–Trinajstić information content (AvgIpc) is 3.13. The van der Waals surface area contributed by atoms with Crippen LogP contribution in [0.3, 0.4) is 0 Å². The lowest BCUT2D eigenvalue weighted by Crippen LogP contribution is -2.29. The minimum atomic E-state index is -0.413. The Bertz CT molecular complexity index is 782. The molecule has 0 unspecified atom stereocenters. The molecule has 0 radical (unpaired) electrons. The van der Waals surface area contributed by atoms with Gasteiger partial charge in [-0.15, -0.1) is 0 Å². The number of benzene rings is 2. The molecule has 0 saturated carbocycles. The van der Waals surface area contributed by atoms with Gasteiger partial charge >= 0.3 is 5.97 Å². The van der Waals surface area contributed by atoms with Crippen molar-refractivity contribution in [2.24, 2.45) is 5.10 Å². The first-order valence-corrected chi connectivity index (χ1v) is 8.26. The smallest absolute Gasteiger partial charge is 0.310 e. The number of carbonyl (C=O) groups is 2. The molecule has 0 bridgehead atoms. The van der Waals surface area contributed by atoms with E-state index in [1.807, 2.05) is 61.5 Å². The van der Waals surface area contributed by atoms with Gasteiger partial charge in [-0.1, -0.05) is 60.2 Å². The van der Waals surface area contributed by atoms with Crippen LogP contribution < -0.4 is 0 Å². The van der Waals surface area contributed by atoms with Crippen molar-refractivity contribution in [2.45, 2.75) is 19.8 Å². The number of esters is 1. The predicted molar refractivity (Wildman–Crippen MR) is 95.2 cm³/mol. The van der Waals surface area contributed by atoms with E-state index in [1.165, 1.54) is 5.01 Å². The van der Waals surface area contributed by atoms with E-state index in [9.17, 15) is 9.59 Å². The number of ether oxygens (including phenoxy) is 1. The van der Waals surface area contributed by atoms with E-state index in [4.69, 9.17) is 4.74 Å². The Morgan fingerprint density at radius 3 is 2.52 bits per heavy atom. The SMILES string of the molecule is Cc1ccc(CC(=O)OCC(=O)N2CCC(c3ccccc3)=N2)cc1. The molecule has 0 aromatic heterocycles. The Balaban J connectivity index is 1.50. The minimum absolute atomic E-state index is 0.159. The van der Waals surface area contributed by atoms with Crippen LogP contribution in [0.25, 0.3) is 0 Å². The van der Waals surface area contributed by atoms with Crippen LogP contribution in [0.5, 0.6) is 0 Å². The van der Waals surface area contributed by atoms with Crippen molar-refractivity contribution >= 4 is 17.6 Å². The summed E-state index contributed by atoms with van der Waals surface area (Å²) in [4.78, 5) is 24.0. The summed E-state index contributed by atoms with van der Waals surface area (Å²) >= 11 is 0. The maximum atomic E-state index is 12.2. The molecule has 0 spiro atoms. The van der Waals surface area contributed by atoms with Gasteiger partial charge in [0.2, 0.25) is 0 Å². The molecule has 0 saturated heterocycles. The number of aryl methyl sites for hydroxylation is 1. The van der Waals surface area contributed by atoms with Crippen LogP contribution in [0.15, 0.2) is 59.7 Å². The topological polar surface area (TPSA) is 59.0 Å². The third kappa shape index (κ3) is 4.53. The molecule has 128 valence electrons. The first-order chi connectivity index (χ1) is 12.1. The first kappa shape index (κ1) is 16.9. The first-order valence-electron chi connectivity index (χ1n) is 8.26. The summed E-state index contributed by atoms with van der Waals surface area (Å²) in [6.07, 6.45) is 0.860. The zero-order valence-corrected chi connectivity index (χ0v) is 14.1. The second kappa shape index (κ2) is 7.75. The highest BCUT2D eigenvalue weighted by Gasteiger charge is 2.22. The van der Waals surface area contributed by atoms with Crippen molar-refractivity contribution < 1.29 is 14.3 Å². The van der Waals surface area contributed by atoms with Gasteiger partial charge in [-0.25, -0.2) is 5.01 Å². The van der Waals surface area contributed by atoms with Crippen molar-refractivity contribution in [1.29, 1.82) is 0 Å². The molecule has 0 N–H and O–H groups in total. The Labute approximate surface area is 146 Å². The van der Waals surface area contributed by atoms with E-state index in [0.717, 1.165) is 22.4 Å². The summed E-state index contributed by atoms with van der Waals surface area (Å²) in [5.41, 5.74) is 3.89. The highest BCUT2D eigenvalue weighted by Crippen LogP contribution is 2.14. The second-order valence-electron chi connectivity index (χ2n) is 6.00. The van der Waals surface area contributed by atoms with Crippen molar-refractivity contribution in [3.8, 4) is 0 Å². The number of hydrogen-bond donors (Lipinski definition) is 0. The molecule has 5 nitrogen and oxygen atoms in total. The fourth-order valence-corrected chi connectivity index (χ4v) is 2.61. The summed E-state index contributed by atoms with van der Waals surface area (Å²) in [6.45, 7) is 2.22. The highest BCUT2D eigenvalue weighted by atomic mass is 16.5. The monoisotopic (exact) mass is 336 g/mol. The molecule has 5 heteroatoms. The van der Waals surface area contributed by atoms with E-state index in [1.54, 1.807) is 0 Å². The zero-order chi connectivity index (χ0) is 17.6. The van der Waals surface area contributed by atoms with Crippen LogP contribution in [0, 0.1) is 6.92 Å². The largest absolute Gasteiger partial charge is 0.455 e. The number of rotatable bonds is 5. The van der Waals surface area contributed by atoms with Crippen LogP contribution in [0.1, 0.15) is 23.1 Å². The molecule has 1 amide bonds. The number of hydrogen-bond acceptors (Lipinski definition) is 4. The summed E-state index contributed by atoms with van der Waals surface area (Å²) in [6, 6.07) is 17.4. The van der Waals surface area contributed by atoms with Crippen molar-refractivity contribution in [3.05, 3.63) is 71.3 Å². The zero-order valence-electron chi connectivity index (χ0n) is 14.1. The molecule has 1 aliphatic rings. The molecule has 25 heavy (non-hydrogen) atoms. The summed E-state index contributed by atoms with van der Waals surface area (Å²) < 4.78 is 5.09. The molecule has 0 atom stereocenters. The second-order valence-corrected chi connectivity index (χ2v) is 6.00. The van der Waals surface area contributed by atoms with Crippen molar-refractivity contribution in [2.75, 3.05) is 13.2 Å². The summed E-state index contributed by atoms with van der Waals surface area (Å²) in [7, 11) is 0. The maximum absolute atomic E-state index is 12.2. The summed E-state index contributed by atoms with van der Waals surface area (Å²) in [5, 5.41) is 5.72. The lowest BCUT2D eigenvalue weighted by molar-refractivity contribution is -0.151. The molecule has 2 aromatic rings. The molecular weight excluding hydrogens is 316 g/mol. The molecule has 1 heterocycles. The van der Waals surface area contributed by atoms with E-state index in [-0.39, 0.29) is 18.9 Å². The van der Waals surface area contributed by atoms with Crippen LogP contribution >= 0.6 is 0 Å². The Kier molecular flexibility index (Phi) is 5.23. The Morgan fingerprint density at radius 2 is 1.80 bits per heavy atom. The molecule has 2 aromatic carbocycles. The van der Waals surface area contributed by atoms with Gasteiger partial charge in [-0.2, -0.15) is 5.10 Å². The lowest BCUT2D eigenvalue weighted by Gasteiger charge is -2.11. The van der Waals surface area contributed by atoms with E-state index in [2.05, 4.69) is 5.10 Å². The van der Waals surface area contributed by atoms with Gasteiger partial charge in [0.15, 0.2) is 6.61 Å². The van der Waals surface area contributed by atoms with Crippen molar-refractivity contribution in [1.82, 2.24) is 5.01 Å². The molecular formula is C20H20N2O3. The van der Waals surface area contributed by atoms with E-state index >= 15 is 0 Å². The van der Waals surface area contributed by atoms with Gasteiger partial charge in [0, 0.05) is 6.42 Å². The van der Waals surface area contributed by atoms with Crippen LogP contribution in [0.4, 0.5) is 0 Å². The Morgan fingerprint density at radius 1 is 1.08 bits per heavy atom. The fraction of sp³-hybridized carbons (Fsp3) is 0.250. The van der Waals surface area contributed by atoms with Gasteiger partial charge in [0.1, 0.15) is 0 Å². The van der Waals surface area contributed by atoms with E-state index < -0.39 is 5.97 Å². The lowest BCUT2D eigenvalue weighted by atomic mass is 10.1. The number of amides is 1. The summed E-state index contributed by atoms with van der Waals surface area (Å²) in [5.74, 6) is -0.716. The minimum Gasteiger partial charge on any atom is -0.455 e. The maximum Gasteiger partial charge on any atom is 0.310 e. The van der Waals surface area contributed by atoms with Gasteiger partial charge in [0.25, 0.3) is 5.91 Å². The van der Waals surface area contributed by atoms with Gasteiger partial charge in [0.05, 0.1) is 18.7 Å². The predicted octanol–water partition coefficient (Wildman–Crippen LogP) is 2.72. The third-order valence-electron chi connectivity index (χ3n) is 4.02. The standard InChI is InChI=1S/C20H20N2O3/c1-15-7-9-16(10-8-15)13-20(24)25-14-19(23)22-12-11-18(21-22)17-5-3-2-4-6-17/h2-10H,11-14H2,1H3. The number of nitrogens with zero attached hydrogens (tertiary/aromatic N) is 2. The van der Waals surface area contributed by atoms with Crippen LogP contribution in [-0.2, 0) is 20.7 Å². The number of carbonyl (C=O) groups excluding carboxylic acids is 2. The van der Waals surface area contributed by atoms with Crippen molar-refractivity contribution in [3.63, 3.8) is 0 Å². The molecule has 0 aliphatic carbocycles. The third-order valence-corrected chi connectivity index (χ3v) is 4.02. The highest BCUT2D eigenvalue weighted by molar-refractivity contribution is 6.02. The Hall–Kier alpha value is -2.95. The molecule has 1 aliphatic heterocycles. The van der Waals surface area contributed by atoms with Gasteiger partial charge in [-0.05, 0) is 18.1 Å². The normalized spacial score (nSPS) is 13.5. The quantitative estimate of drug-likeness (QED) is 0.789. The van der Waals surface area contributed by atoms with Crippen LogP contribution in [-0.4, -0.2) is 35.7 Å². The van der Waals surface area contributed by atoms with Gasteiger partial charge in [-0.3, -0.25) is 9.59 Å². The van der Waals surface area contributed by atoms with E-state index in [0.29, 0.717) is 13.0 Å². The number of hydrazone groups is 1. The molecule has 3 rings (SSSR count). The average molecular weight is 336 g/mol.